The summed E-state index contributed by atoms with van der Waals surface area (Å²) in [6, 6.07) is 5.77. The number of aliphatic hydroxyl groups is 3. The molecule has 1 aromatic rings. The number of benzene rings is 1. The van der Waals surface area contributed by atoms with Crippen molar-refractivity contribution in [2.24, 2.45) is 0 Å². The van der Waals surface area contributed by atoms with Gasteiger partial charge in [0, 0.05) is 4.47 Å². The van der Waals surface area contributed by atoms with E-state index in [9.17, 15) is 15.3 Å². The maximum atomic E-state index is 10.7. The van der Waals surface area contributed by atoms with Gasteiger partial charge in [-0.05, 0) is 42.9 Å². The summed E-state index contributed by atoms with van der Waals surface area (Å²) in [6.45, 7) is 0. The lowest BCUT2D eigenvalue weighted by Crippen LogP contribution is -2.55. The Bertz CT molecular complexity index is 976. The van der Waals surface area contributed by atoms with Crippen molar-refractivity contribution < 1.29 is 29.5 Å². The first-order valence-electron chi connectivity index (χ1n) is 10.5. The van der Waals surface area contributed by atoms with Crippen molar-refractivity contribution >= 4 is 15.9 Å². The highest BCUT2D eigenvalue weighted by molar-refractivity contribution is 9.10. The fourth-order valence-electron chi connectivity index (χ4n) is 4.64. The normalized spacial score (nSPS) is 32.0. The summed E-state index contributed by atoms with van der Waals surface area (Å²) in [4.78, 5) is 0. The molecule has 2 fully saturated rings. The third kappa shape index (κ3) is 3.79. The first-order chi connectivity index (χ1) is 15.0. The number of hydrogen-bond donors (Lipinski definition) is 3. The molecule has 5 atom stereocenters. The molecule has 0 aromatic heterocycles. The van der Waals surface area contributed by atoms with Crippen LogP contribution in [0.3, 0.4) is 0 Å². The number of allylic oxidation sites excluding steroid dienone is 4. The predicted molar refractivity (Wildman–Crippen MR) is 117 cm³/mol. The molecule has 31 heavy (non-hydrogen) atoms. The molecule has 0 amide bonds. The Morgan fingerprint density at radius 1 is 1.10 bits per heavy atom. The van der Waals surface area contributed by atoms with E-state index < -0.39 is 30.0 Å². The summed E-state index contributed by atoms with van der Waals surface area (Å²) in [5.41, 5.74) is 2.11. The summed E-state index contributed by atoms with van der Waals surface area (Å²) in [5.74, 6) is 0.483. The summed E-state index contributed by atoms with van der Waals surface area (Å²) in [6.07, 6.45) is 9.77. The van der Waals surface area contributed by atoms with Crippen LogP contribution in [0.15, 0.2) is 71.0 Å². The van der Waals surface area contributed by atoms with E-state index in [1.807, 2.05) is 24.3 Å². The van der Waals surface area contributed by atoms with E-state index in [4.69, 9.17) is 14.2 Å². The highest BCUT2D eigenvalue weighted by atomic mass is 79.9. The van der Waals surface area contributed by atoms with Crippen molar-refractivity contribution in [3.8, 4) is 0 Å². The average Bonchev–Trinajstić information content (AvgIpc) is 3.59. The minimum absolute atomic E-state index is 0.185. The monoisotopic (exact) mass is 488 g/mol. The zero-order valence-corrected chi connectivity index (χ0v) is 18.4. The van der Waals surface area contributed by atoms with Gasteiger partial charge < -0.3 is 29.5 Å². The Balaban J connectivity index is 1.54. The van der Waals surface area contributed by atoms with Crippen molar-refractivity contribution in [3.63, 3.8) is 0 Å². The molecule has 1 unspecified atom stereocenters. The molecule has 0 radical (unpaired) electrons. The van der Waals surface area contributed by atoms with E-state index in [1.165, 1.54) is 18.1 Å². The third-order valence-electron chi connectivity index (χ3n) is 6.51. The van der Waals surface area contributed by atoms with E-state index in [0.717, 1.165) is 28.4 Å². The van der Waals surface area contributed by atoms with Gasteiger partial charge in [-0.15, -0.1) is 0 Å². The van der Waals surface area contributed by atoms with E-state index in [2.05, 4.69) is 28.1 Å². The maximum Gasteiger partial charge on any atom is 0.150 e. The highest BCUT2D eigenvalue weighted by Crippen LogP contribution is 2.52. The zero-order valence-electron chi connectivity index (χ0n) is 16.9. The molecule has 1 aromatic carbocycles. The Kier molecular flexibility index (Phi) is 5.56. The molecule has 7 heteroatoms. The Labute approximate surface area is 189 Å². The van der Waals surface area contributed by atoms with Gasteiger partial charge in [0.25, 0.3) is 0 Å². The van der Waals surface area contributed by atoms with Gasteiger partial charge >= 0.3 is 0 Å². The quantitative estimate of drug-likeness (QED) is 0.596. The lowest BCUT2D eigenvalue weighted by Gasteiger charge is -2.41. The topological polar surface area (TPSA) is 88.4 Å². The SMILES string of the molecule is O[C@@H]1[C@@H](O)[C@H](O)C2(CC2)O[C@H]1c1ccc(Br)c(C(C2=CC=CCC2)C2=COC=CO2)c1. The Morgan fingerprint density at radius 2 is 1.94 bits per heavy atom. The minimum atomic E-state index is -1.25. The standard InChI is InChI=1S/C24H25BrO6/c25-17-7-6-15(22-20(26)21(27)23(28)24(31-22)8-9-24)12-16(17)19(14-4-2-1-3-5-14)18-13-29-10-11-30-18/h1-2,4,6-7,10-13,19-23,26-28H,3,5,8-9H2/t19?,20-,21-,22+,23+/m1/s1. The fraction of sp³-hybridized carbons (Fsp3) is 0.417. The Morgan fingerprint density at radius 3 is 2.61 bits per heavy atom. The number of rotatable bonds is 4. The van der Waals surface area contributed by atoms with Gasteiger partial charge in [0.15, 0.2) is 0 Å². The van der Waals surface area contributed by atoms with Crippen LogP contribution in [-0.4, -0.2) is 39.2 Å². The highest BCUT2D eigenvalue weighted by Gasteiger charge is 2.60. The predicted octanol–water partition coefficient (Wildman–Crippen LogP) is 3.86. The van der Waals surface area contributed by atoms with Crippen molar-refractivity contribution in [1.29, 1.82) is 0 Å². The molecule has 2 aliphatic heterocycles. The van der Waals surface area contributed by atoms with E-state index in [-0.39, 0.29) is 5.92 Å². The van der Waals surface area contributed by atoms with Crippen LogP contribution in [-0.2, 0) is 14.2 Å². The minimum Gasteiger partial charge on any atom is -0.466 e. The first-order valence-corrected chi connectivity index (χ1v) is 11.3. The van der Waals surface area contributed by atoms with Gasteiger partial charge in [-0.25, -0.2) is 0 Å². The van der Waals surface area contributed by atoms with Crippen molar-refractivity contribution in [3.05, 3.63) is 82.1 Å². The molecule has 1 spiro atoms. The van der Waals surface area contributed by atoms with Crippen LogP contribution in [0.2, 0.25) is 0 Å². The first kappa shape index (κ1) is 21.0. The fourth-order valence-corrected chi connectivity index (χ4v) is 5.11. The molecule has 0 bridgehead atoms. The molecule has 3 N–H and O–H groups in total. The molecule has 2 heterocycles. The molecule has 6 nitrogen and oxygen atoms in total. The van der Waals surface area contributed by atoms with Gasteiger partial charge in [-0.2, -0.15) is 0 Å². The van der Waals surface area contributed by atoms with Crippen LogP contribution in [0.1, 0.15) is 48.8 Å². The molecule has 5 rings (SSSR count). The van der Waals surface area contributed by atoms with E-state index >= 15 is 0 Å². The molecular formula is C24H25BrO6. The van der Waals surface area contributed by atoms with Crippen LogP contribution < -0.4 is 0 Å². The summed E-state index contributed by atoms with van der Waals surface area (Å²) < 4.78 is 18.2. The number of aliphatic hydroxyl groups excluding tert-OH is 3. The smallest absolute Gasteiger partial charge is 0.150 e. The van der Waals surface area contributed by atoms with Gasteiger partial charge in [-0.1, -0.05) is 51.9 Å². The van der Waals surface area contributed by atoms with Crippen molar-refractivity contribution in [2.45, 2.75) is 61.6 Å². The lowest BCUT2D eigenvalue weighted by atomic mass is 9.83. The van der Waals surface area contributed by atoms with E-state index in [0.29, 0.717) is 18.6 Å². The molecule has 1 saturated carbocycles. The Hall–Kier alpha value is -1.90. The summed E-state index contributed by atoms with van der Waals surface area (Å²) in [7, 11) is 0. The molecule has 1 saturated heterocycles. The van der Waals surface area contributed by atoms with Crippen LogP contribution in [0, 0.1) is 0 Å². The zero-order chi connectivity index (χ0) is 21.6. The lowest BCUT2D eigenvalue weighted by molar-refractivity contribution is -0.236. The van der Waals surface area contributed by atoms with Gasteiger partial charge in [-0.3, -0.25) is 0 Å². The second-order valence-electron chi connectivity index (χ2n) is 8.50. The average molecular weight is 489 g/mol. The summed E-state index contributed by atoms with van der Waals surface area (Å²) >= 11 is 3.68. The van der Waals surface area contributed by atoms with Gasteiger partial charge in [0.05, 0.1) is 11.5 Å². The molecule has 2 aliphatic carbocycles. The molecule has 4 aliphatic rings. The van der Waals surface area contributed by atoms with Crippen LogP contribution in [0.25, 0.3) is 0 Å². The van der Waals surface area contributed by atoms with E-state index in [1.54, 1.807) is 6.26 Å². The third-order valence-corrected chi connectivity index (χ3v) is 7.23. The van der Waals surface area contributed by atoms with Crippen molar-refractivity contribution in [2.75, 3.05) is 0 Å². The van der Waals surface area contributed by atoms with Crippen LogP contribution >= 0.6 is 15.9 Å². The molecular weight excluding hydrogens is 464 g/mol. The summed E-state index contributed by atoms with van der Waals surface area (Å²) in [5, 5.41) is 31.4. The van der Waals surface area contributed by atoms with Crippen LogP contribution in [0.5, 0.6) is 0 Å². The second-order valence-corrected chi connectivity index (χ2v) is 9.35. The van der Waals surface area contributed by atoms with Crippen LogP contribution in [0.4, 0.5) is 0 Å². The van der Waals surface area contributed by atoms with Gasteiger partial charge in [0.1, 0.15) is 49.0 Å². The number of ether oxygens (including phenoxy) is 3. The molecule has 164 valence electrons. The van der Waals surface area contributed by atoms with Gasteiger partial charge in [0.2, 0.25) is 0 Å². The van der Waals surface area contributed by atoms with Crippen molar-refractivity contribution in [1.82, 2.24) is 0 Å². The number of halogens is 1. The largest absolute Gasteiger partial charge is 0.466 e. The number of hydrogen-bond acceptors (Lipinski definition) is 6. The second kappa shape index (κ2) is 8.22. The maximum absolute atomic E-state index is 10.7.